The van der Waals surface area contributed by atoms with E-state index in [0.29, 0.717) is 13.1 Å². The molecule has 4 rings (SSSR count). The van der Waals surface area contributed by atoms with Gasteiger partial charge >= 0.3 is 0 Å². The number of piperidine rings is 1. The van der Waals surface area contributed by atoms with E-state index in [9.17, 15) is 9.18 Å². The first kappa shape index (κ1) is 20.8. The first-order valence-corrected chi connectivity index (χ1v) is 11.1. The highest BCUT2D eigenvalue weighted by Gasteiger charge is 2.30. The summed E-state index contributed by atoms with van der Waals surface area (Å²) >= 11 is 0. The van der Waals surface area contributed by atoms with Gasteiger partial charge in [0.1, 0.15) is 17.5 Å². The predicted octanol–water partition coefficient (Wildman–Crippen LogP) is 4.24. The molecule has 0 saturated carbocycles. The van der Waals surface area contributed by atoms with Crippen LogP contribution in [0.3, 0.4) is 0 Å². The summed E-state index contributed by atoms with van der Waals surface area (Å²) in [4.78, 5) is 26.7. The summed E-state index contributed by atoms with van der Waals surface area (Å²) in [6.45, 7) is 9.17. The van der Waals surface area contributed by atoms with Crippen molar-refractivity contribution in [2.45, 2.75) is 58.9 Å². The molecule has 0 N–H and O–H groups in total. The van der Waals surface area contributed by atoms with Gasteiger partial charge in [-0.1, -0.05) is 26.0 Å². The van der Waals surface area contributed by atoms with E-state index in [0.717, 1.165) is 61.7 Å². The molecule has 2 aliphatic heterocycles. The largest absolute Gasteiger partial charge is 0.352 e. The predicted molar refractivity (Wildman–Crippen MR) is 116 cm³/mol. The molecule has 0 spiro atoms. The van der Waals surface area contributed by atoms with Crippen LogP contribution in [0.15, 0.2) is 24.3 Å². The van der Waals surface area contributed by atoms with Gasteiger partial charge in [-0.05, 0) is 50.3 Å². The standard InChI is InChI=1S/C24H31FN4O/c1-16(2)24(30)29-13-4-6-19(15-29)22-26-17(3)21-7-5-12-28(23(21)27-22)14-18-8-10-20(25)11-9-18/h8-11,16,19H,4-7,12-15H2,1-3H3/t19-/m1/s1. The number of halogens is 1. The van der Waals surface area contributed by atoms with E-state index in [2.05, 4.69) is 11.8 Å². The molecule has 2 aliphatic rings. The quantitative estimate of drug-likeness (QED) is 0.757. The summed E-state index contributed by atoms with van der Waals surface area (Å²) in [6.07, 6.45) is 4.06. The van der Waals surface area contributed by atoms with Crippen LogP contribution >= 0.6 is 0 Å². The molecule has 5 nitrogen and oxygen atoms in total. The fraction of sp³-hybridized carbons (Fsp3) is 0.542. The zero-order chi connectivity index (χ0) is 21.3. The molecule has 1 aromatic carbocycles. The maximum atomic E-state index is 13.3. The molecule has 160 valence electrons. The number of hydrogen-bond donors (Lipinski definition) is 0. The Balaban J connectivity index is 1.60. The van der Waals surface area contributed by atoms with Crippen molar-refractivity contribution in [3.05, 3.63) is 52.7 Å². The Morgan fingerprint density at radius 3 is 2.67 bits per heavy atom. The molecular weight excluding hydrogens is 379 g/mol. The lowest BCUT2D eigenvalue weighted by molar-refractivity contribution is -0.135. The van der Waals surface area contributed by atoms with Crippen molar-refractivity contribution in [2.24, 2.45) is 5.92 Å². The van der Waals surface area contributed by atoms with Crippen LogP contribution in [0.1, 0.15) is 61.7 Å². The van der Waals surface area contributed by atoms with Crippen molar-refractivity contribution in [1.82, 2.24) is 14.9 Å². The van der Waals surface area contributed by atoms with Crippen LogP contribution in [0, 0.1) is 18.7 Å². The van der Waals surface area contributed by atoms with Crippen LogP contribution in [-0.2, 0) is 17.8 Å². The van der Waals surface area contributed by atoms with Crippen LogP contribution in [0.25, 0.3) is 0 Å². The summed E-state index contributed by atoms with van der Waals surface area (Å²) in [5.41, 5.74) is 3.34. The number of amides is 1. The number of fused-ring (bicyclic) bond motifs is 1. The minimum Gasteiger partial charge on any atom is -0.352 e. The minimum atomic E-state index is -0.212. The summed E-state index contributed by atoms with van der Waals surface area (Å²) < 4.78 is 13.3. The third-order valence-electron chi connectivity index (χ3n) is 6.24. The zero-order valence-corrected chi connectivity index (χ0v) is 18.2. The lowest BCUT2D eigenvalue weighted by Crippen LogP contribution is -2.41. The number of aryl methyl sites for hydroxylation is 1. The first-order valence-electron chi connectivity index (χ1n) is 11.1. The second-order valence-electron chi connectivity index (χ2n) is 8.90. The topological polar surface area (TPSA) is 49.3 Å². The van der Waals surface area contributed by atoms with E-state index >= 15 is 0 Å². The van der Waals surface area contributed by atoms with Gasteiger partial charge < -0.3 is 9.80 Å². The number of carbonyl (C=O) groups is 1. The Labute approximate surface area is 178 Å². The maximum Gasteiger partial charge on any atom is 0.225 e. The van der Waals surface area contributed by atoms with Crippen molar-refractivity contribution < 1.29 is 9.18 Å². The number of aromatic nitrogens is 2. The summed E-state index contributed by atoms with van der Waals surface area (Å²) in [5.74, 6) is 2.07. The lowest BCUT2D eigenvalue weighted by atomic mass is 9.95. The zero-order valence-electron chi connectivity index (χ0n) is 18.2. The molecule has 2 aromatic rings. The van der Waals surface area contributed by atoms with Crippen molar-refractivity contribution in [3.8, 4) is 0 Å². The summed E-state index contributed by atoms with van der Waals surface area (Å²) in [6, 6.07) is 6.71. The average Bonchev–Trinajstić information content (AvgIpc) is 2.75. The molecule has 0 bridgehead atoms. The van der Waals surface area contributed by atoms with E-state index in [1.807, 2.05) is 30.9 Å². The average molecular weight is 411 g/mol. The van der Waals surface area contributed by atoms with E-state index in [4.69, 9.17) is 9.97 Å². The number of rotatable bonds is 4. The van der Waals surface area contributed by atoms with E-state index in [-0.39, 0.29) is 23.6 Å². The van der Waals surface area contributed by atoms with Crippen LogP contribution in [-0.4, -0.2) is 40.4 Å². The van der Waals surface area contributed by atoms with Gasteiger partial charge in [-0.3, -0.25) is 4.79 Å². The minimum absolute atomic E-state index is 0.0149. The Morgan fingerprint density at radius 2 is 1.93 bits per heavy atom. The second kappa shape index (κ2) is 8.70. The second-order valence-corrected chi connectivity index (χ2v) is 8.90. The van der Waals surface area contributed by atoms with Gasteiger partial charge in [-0.2, -0.15) is 0 Å². The molecule has 6 heteroatoms. The van der Waals surface area contributed by atoms with Crippen molar-refractivity contribution in [1.29, 1.82) is 0 Å². The summed E-state index contributed by atoms with van der Waals surface area (Å²) in [7, 11) is 0. The fourth-order valence-corrected chi connectivity index (χ4v) is 4.61. The molecule has 1 fully saturated rings. The first-order chi connectivity index (χ1) is 14.4. The molecule has 3 heterocycles. The molecule has 0 radical (unpaired) electrons. The fourth-order valence-electron chi connectivity index (χ4n) is 4.61. The van der Waals surface area contributed by atoms with Crippen molar-refractivity contribution in [2.75, 3.05) is 24.5 Å². The van der Waals surface area contributed by atoms with Gasteiger partial charge in [-0.15, -0.1) is 0 Å². The normalized spacial score (nSPS) is 19.2. The smallest absolute Gasteiger partial charge is 0.225 e. The molecule has 1 saturated heterocycles. The van der Waals surface area contributed by atoms with Gasteiger partial charge in [-0.25, -0.2) is 14.4 Å². The van der Waals surface area contributed by atoms with Crippen molar-refractivity contribution >= 4 is 11.7 Å². The Hall–Kier alpha value is -2.50. The number of carbonyl (C=O) groups excluding carboxylic acids is 1. The molecular formula is C24H31FN4O. The Kier molecular flexibility index (Phi) is 6.02. The van der Waals surface area contributed by atoms with Gasteiger partial charge in [0.05, 0.1) is 0 Å². The number of hydrogen-bond acceptors (Lipinski definition) is 4. The van der Waals surface area contributed by atoms with Gasteiger partial charge in [0.25, 0.3) is 0 Å². The van der Waals surface area contributed by atoms with Gasteiger partial charge in [0.15, 0.2) is 0 Å². The van der Waals surface area contributed by atoms with E-state index in [1.54, 1.807) is 0 Å². The Morgan fingerprint density at radius 1 is 1.17 bits per heavy atom. The van der Waals surface area contributed by atoms with Gasteiger partial charge in [0.2, 0.25) is 5.91 Å². The highest BCUT2D eigenvalue weighted by molar-refractivity contribution is 5.78. The van der Waals surface area contributed by atoms with Crippen LogP contribution in [0.5, 0.6) is 0 Å². The highest BCUT2D eigenvalue weighted by Crippen LogP contribution is 2.32. The Bertz CT molecular complexity index is 912. The third kappa shape index (κ3) is 4.32. The highest BCUT2D eigenvalue weighted by atomic mass is 19.1. The number of likely N-dealkylation sites (tertiary alicyclic amines) is 1. The van der Waals surface area contributed by atoms with Crippen LogP contribution in [0.4, 0.5) is 10.2 Å². The number of anilines is 1. The van der Waals surface area contributed by atoms with Crippen LogP contribution < -0.4 is 4.90 Å². The molecule has 1 amide bonds. The molecule has 0 unspecified atom stereocenters. The van der Waals surface area contributed by atoms with Crippen molar-refractivity contribution in [3.63, 3.8) is 0 Å². The number of benzene rings is 1. The number of nitrogens with zero attached hydrogens (tertiary/aromatic N) is 4. The van der Waals surface area contributed by atoms with Gasteiger partial charge in [0, 0.05) is 49.3 Å². The molecule has 1 aromatic heterocycles. The molecule has 30 heavy (non-hydrogen) atoms. The maximum absolute atomic E-state index is 13.3. The van der Waals surface area contributed by atoms with E-state index < -0.39 is 0 Å². The van der Waals surface area contributed by atoms with E-state index in [1.165, 1.54) is 17.7 Å². The third-order valence-corrected chi connectivity index (χ3v) is 6.24. The monoisotopic (exact) mass is 410 g/mol. The summed E-state index contributed by atoms with van der Waals surface area (Å²) in [5, 5.41) is 0. The molecule has 1 atom stereocenters. The SMILES string of the molecule is Cc1nc([C@@H]2CCCN(C(=O)C(C)C)C2)nc2c1CCCN2Cc1ccc(F)cc1. The lowest BCUT2D eigenvalue weighted by Gasteiger charge is -2.35. The van der Waals surface area contributed by atoms with Crippen LogP contribution in [0.2, 0.25) is 0 Å². The molecule has 0 aliphatic carbocycles.